The summed E-state index contributed by atoms with van der Waals surface area (Å²) in [6, 6.07) is 7.11. The highest BCUT2D eigenvalue weighted by atomic mass is 16.5. The number of phenols is 2. The second kappa shape index (κ2) is 14.3. The van der Waals surface area contributed by atoms with Gasteiger partial charge in [0.05, 0.1) is 13.2 Å². The van der Waals surface area contributed by atoms with Crippen molar-refractivity contribution < 1.29 is 38.9 Å². The van der Waals surface area contributed by atoms with Gasteiger partial charge in [0.1, 0.15) is 34.6 Å². The number of carbonyl (C=O) groups is 4. The summed E-state index contributed by atoms with van der Waals surface area (Å²) >= 11 is 0. The first-order chi connectivity index (χ1) is 19.5. The van der Waals surface area contributed by atoms with Crippen LogP contribution in [0.4, 0.5) is 0 Å². The fraction of sp³-hybridized carbons (Fsp3) is 0.419. The van der Waals surface area contributed by atoms with Crippen molar-refractivity contribution in [2.45, 2.75) is 76.9 Å². The fourth-order valence-corrected chi connectivity index (χ4v) is 4.80. The molecule has 5 N–H and O–H groups in total. The minimum absolute atomic E-state index is 0.0412. The number of phenolic OH excluding ortho intramolecular Hbond substituents is 2. The Balaban J connectivity index is 2.13. The molecule has 0 fully saturated rings. The number of allylic oxidation sites excluding steroid dienone is 1. The molecule has 0 saturated carbocycles. The molecule has 10 heteroatoms. The summed E-state index contributed by atoms with van der Waals surface area (Å²) in [5.41, 5.74) is 5.90. The van der Waals surface area contributed by atoms with Gasteiger partial charge in [0.25, 0.3) is 0 Å². The number of benzene rings is 2. The normalized spacial score (nSPS) is 18.7. The first-order valence-electron chi connectivity index (χ1n) is 13.7. The summed E-state index contributed by atoms with van der Waals surface area (Å²) in [6.45, 7) is 3.16. The van der Waals surface area contributed by atoms with E-state index in [0.717, 1.165) is 0 Å². The van der Waals surface area contributed by atoms with Crippen LogP contribution in [0.3, 0.4) is 0 Å². The van der Waals surface area contributed by atoms with Gasteiger partial charge in [-0.3, -0.25) is 14.4 Å². The summed E-state index contributed by atoms with van der Waals surface area (Å²) < 4.78 is 10.9. The van der Waals surface area contributed by atoms with Crippen LogP contribution in [0.2, 0.25) is 0 Å². The molecule has 2 amide bonds. The van der Waals surface area contributed by atoms with Crippen molar-refractivity contribution in [1.29, 1.82) is 0 Å². The minimum Gasteiger partial charge on any atom is -0.507 e. The van der Waals surface area contributed by atoms with Crippen molar-refractivity contribution in [3.05, 3.63) is 58.7 Å². The molecule has 0 saturated heterocycles. The number of amides is 2. The van der Waals surface area contributed by atoms with Gasteiger partial charge in [0, 0.05) is 30.7 Å². The van der Waals surface area contributed by atoms with Crippen molar-refractivity contribution in [2.24, 2.45) is 5.73 Å². The van der Waals surface area contributed by atoms with Crippen LogP contribution in [0.1, 0.15) is 91.8 Å². The first kappa shape index (κ1) is 31.2. The third-order valence-electron chi connectivity index (χ3n) is 7.11. The predicted molar refractivity (Wildman–Crippen MR) is 153 cm³/mol. The molecule has 1 unspecified atom stereocenters. The highest BCUT2D eigenvalue weighted by Crippen LogP contribution is 2.44. The van der Waals surface area contributed by atoms with E-state index in [2.05, 4.69) is 5.32 Å². The molecule has 1 aliphatic heterocycles. The molecule has 0 aromatic heterocycles. The topological polar surface area (TPSA) is 165 Å². The van der Waals surface area contributed by atoms with Gasteiger partial charge >= 0.3 is 5.97 Å². The largest absolute Gasteiger partial charge is 0.507 e. The van der Waals surface area contributed by atoms with E-state index in [1.54, 1.807) is 43.3 Å². The smallest absolute Gasteiger partial charge is 0.342 e. The maximum Gasteiger partial charge on any atom is 0.342 e. The molecular formula is C31H38N2O8. The number of methoxy groups -OCH3 is 1. The quantitative estimate of drug-likeness (QED) is 0.364. The number of hydrogen-bond acceptors (Lipinski definition) is 8. The van der Waals surface area contributed by atoms with Gasteiger partial charge in [-0.2, -0.15) is 0 Å². The molecule has 1 heterocycles. The zero-order chi connectivity index (χ0) is 30.1. The summed E-state index contributed by atoms with van der Waals surface area (Å²) in [7, 11) is 1.51. The number of fused-ring (bicyclic) bond motifs is 1. The van der Waals surface area contributed by atoms with Crippen molar-refractivity contribution in [3.8, 4) is 17.2 Å². The minimum atomic E-state index is -0.942. The molecule has 3 rings (SSSR count). The molecule has 0 radical (unpaired) electrons. The Hall–Kier alpha value is -4.34. The molecule has 1 aliphatic rings. The number of aromatic hydroxyl groups is 2. The monoisotopic (exact) mass is 566 g/mol. The van der Waals surface area contributed by atoms with Crippen LogP contribution in [0.5, 0.6) is 17.2 Å². The van der Waals surface area contributed by atoms with Gasteiger partial charge in [-0.25, -0.2) is 4.79 Å². The fourth-order valence-electron chi connectivity index (χ4n) is 4.80. The van der Waals surface area contributed by atoms with Crippen molar-refractivity contribution >= 4 is 29.6 Å². The number of cyclic esters (lactones) is 1. The Kier molecular flexibility index (Phi) is 10.9. The van der Waals surface area contributed by atoms with Crippen molar-refractivity contribution in [2.75, 3.05) is 7.11 Å². The number of esters is 1. The van der Waals surface area contributed by atoms with E-state index >= 15 is 0 Å². The Morgan fingerprint density at radius 2 is 1.83 bits per heavy atom. The average molecular weight is 567 g/mol. The number of carbonyl (C=O) groups excluding carboxylic acids is 4. The third kappa shape index (κ3) is 8.33. The van der Waals surface area contributed by atoms with E-state index in [4.69, 9.17) is 15.2 Å². The number of Topliss-reactive ketones (excluding diaryl/α,β-unsaturated/α-hetero) is 1. The Bertz CT molecular complexity index is 1300. The zero-order valence-electron chi connectivity index (χ0n) is 23.6. The molecule has 3 atom stereocenters. The standard InChI is InChI=1S/C31H38N2O8/c1-18-8-7-11-22(34)10-6-4-5-9-21-16-25(35)28(29(37)27(21)31(39)41-18)24(17-26(36)33-19(2)30(32)38)20-12-14-23(40-3)15-13-20/h5,9,12-16,18-19,24,35,37H,4,6-8,10-11,17H2,1-3H3,(H2,32,38)(H,33,36)/b9-5+/t18-,19-,24?/m0/s1. The van der Waals surface area contributed by atoms with Crippen molar-refractivity contribution in [3.63, 3.8) is 0 Å². The van der Waals surface area contributed by atoms with Gasteiger partial charge in [-0.1, -0.05) is 24.3 Å². The molecule has 0 bridgehead atoms. The highest BCUT2D eigenvalue weighted by molar-refractivity contribution is 5.98. The molecule has 10 nitrogen and oxygen atoms in total. The Morgan fingerprint density at radius 3 is 2.49 bits per heavy atom. The van der Waals surface area contributed by atoms with Gasteiger partial charge < -0.3 is 30.7 Å². The van der Waals surface area contributed by atoms with E-state index in [0.29, 0.717) is 49.8 Å². The van der Waals surface area contributed by atoms with E-state index < -0.39 is 41.6 Å². The van der Waals surface area contributed by atoms with Crippen LogP contribution in [-0.2, 0) is 19.1 Å². The maximum absolute atomic E-state index is 13.4. The number of rotatable bonds is 7. The highest BCUT2D eigenvalue weighted by Gasteiger charge is 2.31. The lowest BCUT2D eigenvalue weighted by atomic mass is 9.84. The summed E-state index contributed by atoms with van der Waals surface area (Å²) in [6.07, 6.45) is 5.67. The third-order valence-corrected chi connectivity index (χ3v) is 7.11. The number of ether oxygens (including phenoxy) is 2. The molecule has 41 heavy (non-hydrogen) atoms. The number of nitrogens with one attached hydrogen (secondary N) is 1. The summed E-state index contributed by atoms with van der Waals surface area (Å²) in [5, 5.41) is 25.3. The summed E-state index contributed by atoms with van der Waals surface area (Å²) in [4.78, 5) is 50.0. The van der Waals surface area contributed by atoms with Crippen LogP contribution in [-0.4, -0.2) is 53.0 Å². The molecule has 0 spiro atoms. The SMILES string of the molecule is COc1ccc(C(CC(=O)N[C@@H](C)C(N)=O)c2c(O)cc3c(c2O)C(=O)O[C@@H](C)CCCC(=O)CCC/C=C/3)cc1. The Labute approximate surface area is 239 Å². The molecule has 0 aliphatic carbocycles. The number of ketones is 1. The maximum atomic E-state index is 13.4. The molecule has 220 valence electrons. The van der Waals surface area contributed by atoms with Crippen LogP contribution in [0, 0.1) is 0 Å². The van der Waals surface area contributed by atoms with E-state index in [9.17, 15) is 29.4 Å². The van der Waals surface area contributed by atoms with Gasteiger partial charge in [-0.15, -0.1) is 0 Å². The predicted octanol–water partition coefficient (Wildman–Crippen LogP) is 4.10. The van der Waals surface area contributed by atoms with Gasteiger partial charge in [0.2, 0.25) is 11.8 Å². The second-order valence-corrected chi connectivity index (χ2v) is 10.3. The van der Waals surface area contributed by atoms with E-state index in [1.165, 1.54) is 20.1 Å². The molecule has 2 aromatic rings. The number of nitrogens with two attached hydrogens (primary N) is 1. The van der Waals surface area contributed by atoms with E-state index in [1.807, 2.05) is 0 Å². The van der Waals surface area contributed by atoms with Crippen LogP contribution >= 0.6 is 0 Å². The molecular weight excluding hydrogens is 528 g/mol. The lowest BCUT2D eigenvalue weighted by molar-refractivity contribution is -0.127. The Morgan fingerprint density at radius 1 is 1.15 bits per heavy atom. The number of hydrogen-bond donors (Lipinski definition) is 4. The lowest BCUT2D eigenvalue weighted by Gasteiger charge is -2.24. The van der Waals surface area contributed by atoms with Crippen molar-refractivity contribution in [1.82, 2.24) is 5.32 Å². The molecule has 2 aromatic carbocycles. The average Bonchev–Trinajstić information content (AvgIpc) is 2.91. The van der Waals surface area contributed by atoms with Gasteiger partial charge in [0.15, 0.2) is 0 Å². The number of primary amides is 1. The summed E-state index contributed by atoms with van der Waals surface area (Å²) in [5.74, 6) is -3.11. The first-order valence-corrected chi connectivity index (χ1v) is 13.7. The van der Waals surface area contributed by atoms with Gasteiger partial charge in [-0.05, 0) is 68.9 Å². The van der Waals surface area contributed by atoms with Crippen LogP contribution in [0.15, 0.2) is 36.4 Å². The zero-order valence-corrected chi connectivity index (χ0v) is 23.6. The van der Waals surface area contributed by atoms with Crippen LogP contribution in [0.25, 0.3) is 6.08 Å². The lowest BCUT2D eigenvalue weighted by Crippen LogP contribution is -2.42. The second-order valence-electron chi connectivity index (χ2n) is 10.3. The van der Waals surface area contributed by atoms with E-state index in [-0.39, 0.29) is 34.6 Å². The van der Waals surface area contributed by atoms with Crippen LogP contribution < -0.4 is 15.8 Å².